The van der Waals surface area contributed by atoms with Crippen LogP contribution in [0.15, 0.2) is 0 Å². The fraction of sp³-hybridized carbons (Fsp3) is 0.941. The highest BCUT2D eigenvalue weighted by Crippen LogP contribution is 2.24. The zero-order chi connectivity index (χ0) is 20.0. The number of thioether (sulfide) groups is 1. The van der Waals surface area contributed by atoms with Crippen molar-refractivity contribution in [2.75, 3.05) is 12.8 Å². The van der Waals surface area contributed by atoms with Crippen molar-refractivity contribution in [3.63, 3.8) is 0 Å². The van der Waals surface area contributed by atoms with Gasteiger partial charge in [0.15, 0.2) is 0 Å². The molecule has 1 aliphatic rings. The van der Waals surface area contributed by atoms with E-state index in [1.807, 2.05) is 0 Å². The van der Waals surface area contributed by atoms with Crippen LogP contribution in [0.4, 0.5) is 0 Å². The minimum absolute atomic E-state index is 0.176. The topological polar surface area (TPSA) is 122 Å². The van der Waals surface area contributed by atoms with E-state index in [1.165, 1.54) is 0 Å². The van der Waals surface area contributed by atoms with Crippen LogP contribution in [0.3, 0.4) is 0 Å². The predicted molar refractivity (Wildman–Crippen MR) is 104 cm³/mol. The van der Waals surface area contributed by atoms with Crippen molar-refractivity contribution in [3.05, 3.63) is 0 Å². The van der Waals surface area contributed by atoms with Crippen LogP contribution in [0.25, 0.3) is 0 Å². The summed E-state index contributed by atoms with van der Waals surface area (Å²) in [5.41, 5.74) is -1.22. The van der Waals surface area contributed by atoms with Gasteiger partial charge in [-0.25, -0.2) is 0 Å². The Morgan fingerprint density at radius 3 is 2.27 bits per heavy atom. The van der Waals surface area contributed by atoms with E-state index in [0.29, 0.717) is 0 Å². The van der Waals surface area contributed by atoms with Crippen LogP contribution in [-0.2, 0) is 4.79 Å². The minimum atomic E-state index is -1.56. The number of aliphatic hydroxyl groups is 4. The summed E-state index contributed by atoms with van der Waals surface area (Å²) < 4.78 is 0. The first-order chi connectivity index (χ1) is 12.1. The molecular weight excluding hydrogens is 380 g/mol. The summed E-state index contributed by atoms with van der Waals surface area (Å²) in [6, 6.07) is -0.872. The molecule has 0 aromatic heterocycles. The van der Waals surface area contributed by atoms with E-state index in [4.69, 9.17) is 11.6 Å². The van der Waals surface area contributed by atoms with Crippen LogP contribution < -0.4 is 10.6 Å². The molecule has 1 saturated heterocycles. The van der Waals surface area contributed by atoms with E-state index in [-0.39, 0.29) is 17.9 Å². The number of amides is 1. The van der Waals surface area contributed by atoms with Gasteiger partial charge in [-0.1, -0.05) is 20.3 Å². The van der Waals surface area contributed by atoms with Gasteiger partial charge in [0.25, 0.3) is 0 Å². The van der Waals surface area contributed by atoms with Gasteiger partial charge in [0.1, 0.15) is 17.6 Å². The molecule has 0 aliphatic carbocycles. The largest absolute Gasteiger partial charge is 0.390 e. The van der Waals surface area contributed by atoms with Gasteiger partial charge in [0.2, 0.25) is 5.91 Å². The van der Waals surface area contributed by atoms with E-state index in [9.17, 15) is 25.2 Å². The highest BCUT2D eigenvalue weighted by atomic mass is 35.5. The van der Waals surface area contributed by atoms with E-state index in [0.717, 1.165) is 31.1 Å². The third kappa shape index (κ3) is 5.95. The smallest absolute Gasteiger partial charge is 0.237 e. The molecule has 1 rings (SSSR count). The van der Waals surface area contributed by atoms with Gasteiger partial charge in [0.05, 0.1) is 23.6 Å². The number of aliphatic hydroxyl groups excluding tert-OH is 4. The lowest BCUT2D eigenvalue weighted by Gasteiger charge is -2.40. The number of halogens is 1. The summed E-state index contributed by atoms with van der Waals surface area (Å²) in [5.74, 6) is -0.518. The number of hydrogen-bond acceptors (Lipinski definition) is 7. The molecule has 0 spiro atoms. The van der Waals surface area contributed by atoms with Crippen molar-refractivity contribution >= 4 is 29.3 Å². The van der Waals surface area contributed by atoms with Gasteiger partial charge in [-0.3, -0.25) is 4.79 Å². The van der Waals surface area contributed by atoms with Crippen molar-refractivity contribution in [1.82, 2.24) is 10.6 Å². The Morgan fingerprint density at radius 1 is 1.23 bits per heavy atom. The summed E-state index contributed by atoms with van der Waals surface area (Å²) in [6.45, 7) is 6.23. The molecule has 6 N–H and O–H groups in total. The lowest BCUT2D eigenvalue weighted by atomic mass is 9.85. The molecule has 9 heteroatoms. The molecule has 1 fully saturated rings. The van der Waals surface area contributed by atoms with E-state index >= 15 is 0 Å². The predicted octanol–water partition coefficient (Wildman–Crippen LogP) is -0.113. The van der Waals surface area contributed by atoms with Gasteiger partial charge in [-0.15, -0.1) is 23.4 Å². The van der Waals surface area contributed by atoms with E-state index in [2.05, 4.69) is 17.6 Å². The minimum Gasteiger partial charge on any atom is -0.390 e. The zero-order valence-electron chi connectivity index (χ0n) is 15.8. The van der Waals surface area contributed by atoms with Crippen LogP contribution >= 0.6 is 23.4 Å². The first kappa shape index (κ1) is 23.9. The summed E-state index contributed by atoms with van der Waals surface area (Å²) in [7, 11) is 0. The second kappa shape index (κ2) is 11.0. The van der Waals surface area contributed by atoms with Crippen LogP contribution in [-0.4, -0.2) is 80.3 Å². The summed E-state index contributed by atoms with van der Waals surface area (Å²) in [5, 5.41) is 45.6. The first-order valence-electron chi connectivity index (χ1n) is 9.08. The molecule has 0 unspecified atom stereocenters. The molecule has 1 heterocycles. The standard InChI is InChI=1S/C17H33ClN2O5S/c1-5-6-10-7-19-12(10)16(24)20-11(9(3)18)8(2)13(21)14(22)15(23)17(25)26-4/h8-15,17,19,21-23,25H,5-7H2,1-4H3,(H,20,24)/t8-,9+,10+,11+,12+,13+,14+,15-,17-/m1/s1. The van der Waals surface area contributed by atoms with Gasteiger partial charge in [-0.05, 0) is 25.5 Å². The molecule has 1 amide bonds. The van der Waals surface area contributed by atoms with Crippen molar-refractivity contribution in [1.29, 1.82) is 0 Å². The molecule has 9 atom stereocenters. The molecule has 0 aromatic carbocycles. The number of alkyl halides is 1. The maximum absolute atomic E-state index is 12.5. The van der Waals surface area contributed by atoms with Gasteiger partial charge in [-0.2, -0.15) is 0 Å². The van der Waals surface area contributed by atoms with Crippen molar-refractivity contribution < 1.29 is 25.2 Å². The average molecular weight is 413 g/mol. The number of nitrogens with one attached hydrogen (secondary N) is 2. The van der Waals surface area contributed by atoms with Crippen LogP contribution in [0.5, 0.6) is 0 Å². The first-order valence-corrected chi connectivity index (χ1v) is 10.8. The molecule has 0 saturated carbocycles. The van der Waals surface area contributed by atoms with Crippen LogP contribution in [0.1, 0.15) is 33.6 Å². The zero-order valence-corrected chi connectivity index (χ0v) is 17.4. The fourth-order valence-corrected chi connectivity index (χ4v) is 4.03. The van der Waals surface area contributed by atoms with Crippen molar-refractivity contribution in [2.24, 2.45) is 11.8 Å². The van der Waals surface area contributed by atoms with Crippen molar-refractivity contribution in [2.45, 2.75) is 74.8 Å². The molecule has 7 nitrogen and oxygen atoms in total. The van der Waals surface area contributed by atoms with Crippen molar-refractivity contribution in [3.8, 4) is 0 Å². The lowest BCUT2D eigenvalue weighted by molar-refractivity contribution is -0.130. The molecular formula is C17H33ClN2O5S. The Hall–Kier alpha value is -0.0900. The lowest BCUT2D eigenvalue weighted by Crippen LogP contribution is -2.63. The fourth-order valence-electron chi connectivity index (χ4n) is 3.30. The molecule has 0 bridgehead atoms. The SMILES string of the molecule is CCC[C@H]1CN[C@@H]1C(=O)N[C@@H]([C@@H](C)[C@H](O)[C@H](O)[C@@H](O)[C@H](O)SC)[C@H](C)Cl. The number of rotatable bonds is 11. The van der Waals surface area contributed by atoms with Gasteiger partial charge < -0.3 is 31.1 Å². The summed E-state index contributed by atoms with van der Waals surface area (Å²) >= 11 is 7.19. The number of carbonyl (C=O) groups excluding carboxylic acids is 1. The quantitative estimate of drug-likeness (QED) is 0.207. The monoisotopic (exact) mass is 412 g/mol. The summed E-state index contributed by atoms with van der Waals surface area (Å²) in [4.78, 5) is 12.5. The normalized spacial score (nSPS) is 28.2. The Bertz CT molecular complexity index is 445. The van der Waals surface area contributed by atoms with Crippen LogP contribution in [0.2, 0.25) is 0 Å². The highest BCUT2D eigenvalue weighted by Gasteiger charge is 2.41. The Morgan fingerprint density at radius 2 is 1.85 bits per heavy atom. The average Bonchev–Trinajstić information content (AvgIpc) is 2.59. The molecule has 1 aliphatic heterocycles. The molecule has 26 heavy (non-hydrogen) atoms. The second-order valence-corrected chi connectivity index (χ2v) is 8.75. The Balaban J connectivity index is 2.74. The Labute approximate surface area is 164 Å². The van der Waals surface area contributed by atoms with Gasteiger partial charge in [0, 0.05) is 12.5 Å². The second-order valence-electron chi connectivity index (χ2n) is 7.10. The highest BCUT2D eigenvalue weighted by molar-refractivity contribution is 7.99. The maximum atomic E-state index is 12.5. The Kier molecular flexibility index (Phi) is 10.2. The van der Waals surface area contributed by atoms with E-state index in [1.54, 1.807) is 20.1 Å². The maximum Gasteiger partial charge on any atom is 0.237 e. The third-order valence-corrected chi connectivity index (χ3v) is 6.19. The van der Waals surface area contributed by atoms with Crippen LogP contribution in [0, 0.1) is 11.8 Å². The summed E-state index contributed by atoms with van der Waals surface area (Å²) in [6.07, 6.45) is -0.884. The molecule has 0 radical (unpaired) electrons. The van der Waals surface area contributed by atoms with Gasteiger partial charge >= 0.3 is 0 Å². The number of carbonyl (C=O) groups is 1. The number of hydrogen-bond donors (Lipinski definition) is 6. The molecule has 154 valence electrons. The molecule has 0 aromatic rings. The third-order valence-electron chi connectivity index (χ3n) is 5.16. The van der Waals surface area contributed by atoms with E-state index < -0.39 is 41.1 Å².